The summed E-state index contributed by atoms with van der Waals surface area (Å²) in [6, 6.07) is 10.6. The van der Waals surface area contributed by atoms with Gasteiger partial charge in [-0.05, 0) is 30.9 Å². The van der Waals surface area contributed by atoms with E-state index in [0.717, 1.165) is 24.5 Å². The number of pyridine rings is 1. The third kappa shape index (κ3) is 3.09. The number of hydrogen-bond acceptors (Lipinski definition) is 4. The fourth-order valence-electron chi connectivity index (χ4n) is 4.89. The minimum atomic E-state index is -1.41. The molecule has 1 aliphatic heterocycles. The van der Waals surface area contributed by atoms with Gasteiger partial charge in [0, 0.05) is 37.3 Å². The molecule has 0 amide bonds. The molecule has 32 heavy (non-hydrogen) atoms. The van der Waals surface area contributed by atoms with Crippen molar-refractivity contribution in [2.75, 3.05) is 24.5 Å². The van der Waals surface area contributed by atoms with Crippen LogP contribution in [0.25, 0.3) is 10.9 Å². The number of hydrogen-bond donors (Lipinski definition) is 2. The zero-order valence-electron chi connectivity index (χ0n) is 17.4. The van der Waals surface area contributed by atoms with E-state index < -0.39 is 34.0 Å². The van der Waals surface area contributed by atoms with Gasteiger partial charge in [-0.1, -0.05) is 30.3 Å². The topological polar surface area (TPSA) is 88.6 Å². The van der Waals surface area contributed by atoms with Crippen LogP contribution in [0.3, 0.4) is 0 Å². The van der Waals surface area contributed by atoms with Crippen LogP contribution in [0.15, 0.2) is 47.4 Å². The first-order chi connectivity index (χ1) is 15.4. The Morgan fingerprint density at radius 2 is 1.94 bits per heavy atom. The number of carbonyl (C=O) groups is 1. The largest absolute Gasteiger partial charge is 0.477 e. The van der Waals surface area contributed by atoms with Crippen molar-refractivity contribution in [2.45, 2.75) is 30.7 Å². The SMILES string of the molecule is NCC1(c2ccccc2)CCN(c2c(F)cc3c(=O)c(C(=O)O)cn(C4CC4)c3c2F)C1. The number of nitrogens with two attached hydrogens (primary N) is 1. The van der Waals surface area contributed by atoms with Gasteiger partial charge < -0.3 is 20.3 Å². The molecule has 6 nitrogen and oxygen atoms in total. The number of nitrogens with zero attached hydrogens (tertiary/aromatic N) is 2. The van der Waals surface area contributed by atoms with E-state index in [4.69, 9.17) is 5.73 Å². The van der Waals surface area contributed by atoms with Crippen LogP contribution in [0.5, 0.6) is 0 Å². The highest BCUT2D eigenvalue weighted by atomic mass is 19.1. The summed E-state index contributed by atoms with van der Waals surface area (Å²) >= 11 is 0. The minimum Gasteiger partial charge on any atom is -0.477 e. The Bertz CT molecular complexity index is 1290. The zero-order chi connectivity index (χ0) is 22.6. The minimum absolute atomic E-state index is 0.0381. The first-order valence-electron chi connectivity index (χ1n) is 10.7. The van der Waals surface area contributed by atoms with Gasteiger partial charge in [0.25, 0.3) is 0 Å². The summed E-state index contributed by atoms with van der Waals surface area (Å²) in [5.41, 5.74) is 5.12. The number of halogens is 2. The first kappa shape index (κ1) is 20.6. The van der Waals surface area contributed by atoms with Gasteiger partial charge >= 0.3 is 5.97 Å². The van der Waals surface area contributed by atoms with Gasteiger partial charge in [0.05, 0.1) is 10.9 Å². The molecule has 0 spiro atoms. The third-order valence-corrected chi connectivity index (χ3v) is 6.80. The maximum absolute atomic E-state index is 15.9. The van der Waals surface area contributed by atoms with Gasteiger partial charge in [0.15, 0.2) is 5.82 Å². The molecule has 5 rings (SSSR count). The number of aromatic carboxylic acids is 1. The van der Waals surface area contributed by atoms with E-state index in [1.54, 1.807) is 4.90 Å². The van der Waals surface area contributed by atoms with E-state index in [9.17, 15) is 14.7 Å². The van der Waals surface area contributed by atoms with Crippen molar-refractivity contribution in [3.8, 4) is 0 Å². The standard InChI is InChI=1S/C24H23F2N3O3/c25-18-10-16-20(29(15-6-7-15)11-17(22(16)30)23(31)32)19(26)21(18)28-9-8-24(12-27,13-28)14-4-2-1-3-5-14/h1-5,10-11,15H,6-9,12-13,27H2,(H,31,32). The van der Waals surface area contributed by atoms with E-state index in [0.29, 0.717) is 26.1 Å². The Hall–Kier alpha value is -3.26. The molecule has 8 heteroatoms. The normalized spacial score (nSPS) is 20.8. The number of fused-ring (bicyclic) bond motifs is 1. The molecular formula is C24H23F2N3O3. The fraction of sp³-hybridized carbons (Fsp3) is 0.333. The van der Waals surface area contributed by atoms with Crippen molar-refractivity contribution >= 4 is 22.6 Å². The summed E-state index contributed by atoms with van der Waals surface area (Å²) in [5, 5.41) is 9.14. The number of anilines is 1. The van der Waals surface area contributed by atoms with Gasteiger partial charge in [-0.3, -0.25) is 4.79 Å². The molecule has 166 valence electrons. The molecule has 2 aromatic carbocycles. The molecule has 1 aromatic heterocycles. The van der Waals surface area contributed by atoms with Gasteiger partial charge in [-0.2, -0.15) is 0 Å². The Kier molecular flexibility index (Phi) is 4.78. The second-order valence-electron chi connectivity index (χ2n) is 8.75. The van der Waals surface area contributed by atoms with Crippen molar-refractivity contribution in [1.29, 1.82) is 0 Å². The van der Waals surface area contributed by atoms with Crippen LogP contribution in [-0.2, 0) is 5.41 Å². The number of carboxylic acid groups (broad SMARTS) is 1. The van der Waals surface area contributed by atoms with Crippen LogP contribution < -0.4 is 16.1 Å². The summed E-state index contributed by atoms with van der Waals surface area (Å²) in [6.07, 6.45) is 3.32. The number of aromatic nitrogens is 1. The summed E-state index contributed by atoms with van der Waals surface area (Å²) in [7, 11) is 0. The molecule has 1 unspecified atom stereocenters. The second kappa shape index (κ2) is 7.41. The van der Waals surface area contributed by atoms with E-state index in [2.05, 4.69) is 0 Å². The smallest absolute Gasteiger partial charge is 0.341 e. The first-order valence-corrected chi connectivity index (χ1v) is 10.7. The highest BCUT2D eigenvalue weighted by Gasteiger charge is 2.41. The molecule has 0 bridgehead atoms. The summed E-state index contributed by atoms with van der Waals surface area (Å²) < 4.78 is 32.6. The molecule has 1 atom stereocenters. The molecule has 3 N–H and O–H groups in total. The second-order valence-corrected chi connectivity index (χ2v) is 8.75. The van der Waals surface area contributed by atoms with Crippen LogP contribution in [0.1, 0.15) is 41.2 Å². The predicted octanol–water partition coefficient (Wildman–Crippen LogP) is 3.42. The maximum atomic E-state index is 15.9. The molecule has 1 saturated heterocycles. The van der Waals surface area contributed by atoms with Crippen molar-refractivity contribution in [3.63, 3.8) is 0 Å². The lowest BCUT2D eigenvalue weighted by molar-refractivity contribution is 0.0694. The van der Waals surface area contributed by atoms with E-state index in [1.165, 1.54) is 10.8 Å². The number of benzene rings is 2. The van der Waals surface area contributed by atoms with E-state index in [1.807, 2.05) is 30.3 Å². The van der Waals surface area contributed by atoms with Gasteiger partial charge in [0.1, 0.15) is 17.1 Å². The lowest BCUT2D eigenvalue weighted by atomic mass is 9.80. The highest BCUT2D eigenvalue weighted by molar-refractivity contribution is 5.94. The van der Waals surface area contributed by atoms with Crippen LogP contribution in [-0.4, -0.2) is 35.3 Å². The maximum Gasteiger partial charge on any atom is 0.341 e. The fourth-order valence-corrected chi connectivity index (χ4v) is 4.89. The molecule has 3 aromatic rings. The predicted molar refractivity (Wildman–Crippen MR) is 117 cm³/mol. The Morgan fingerprint density at radius 1 is 1.22 bits per heavy atom. The van der Waals surface area contributed by atoms with Gasteiger partial charge in [-0.25, -0.2) is 13.6 Å². The average Bonchev–Trinajstić information content (AvgIpc) is 3.54. The van der Waals surface area contributed by atoms with Crippen LogP contribution in [0.4, 0.5) is 14.5 Å². The Balaban J connectivity index is 1.66. The van der Waals surface area contributed by atoms with Crippen molar-refractivity contribution in [3.05, 3.63) is 75.6 Å². The summed E-state index contributed by atoms with van der Waals surface area (Å²) in [5.74, 6) is -3.12. The lowest BCUT2D eigenvalue weighted by Crippen LogP contribution is -2.38. The molecular weight excluding hydrogens is 416 g/mol. The van der Waals surface area contributed by atoms with Gasteiger partial charge in [0.2, 0.25) is 5.43 Å². The molecule has 1 saturated carbocycles. The number of rotatable bonds is 5. The monoisotopic (exact) mass is 439 g/mol. The van der Waals surface area contributed by atoms with E-state index in [-0.39, 0.29) is 22.6 Å². The van der Waals surface area contributed by atoms with Crippen molar-refractivity contribution < 1.29 is 18.7 Å². The third-order valence-electron chi connectivity index (χ3n) is 6.80. The van der Waals surface area contributed by atoms with Crippen LogP contribution in [0, 0.1) is 11.6 Å². The summed E-state index contributed by atoms with van der Waals surface area (Å²) in [4.78, 5) is 25.9. The summed E-state index contributed by atoms with van der Waals surface area (Å²) in [6.45, 7) is 1.08. The molecule has 2 fully saturated rings. The van der Waals surface area contributed by atoms with Crippen molar-refractivity contribution in [1.82, 2.24) is 4.57 Å². The zero-order valence-corrected chi connectivity index (χ0v) is 17.4. The molecule has 2 aliphatic rings. The van der Waals surface area contributed by atoms with Gasteiger partial charge in [-0.15, -0.1) is 0 Å². The lowest BCUT2D eigenvalue weighted by Gasteiger charge is -2.29. The van der Waals surface area contributed by atoms with Crippen LogP contribution >= 0.6 is 0 Å². The molecule has 1 aliphatic carbocycles. The average molecular weight is 439 g/mol. The van der Waals surface area contributed by atoms with Crippen LogP contribution in [0.2, 0.25) is 0 Å². The Labute approximate surface area is 182 Å². The number of carboxylic acids is 1. The highest BCUT2D eigenvalue weighted by Crippen LogP contribution is 2.42. The quantitative estimate of drug-likeness (QED) is 0.636. The molecule has 0 radical (unpaired) electrons. The van der Waals surface area contributed by atoms with Crippen molar-refractivity contribution in [2.24, 2.45) is 5.73 Å². The molecule has 2 heterocycles. The Morgan fingerprint density at radius 3 is 2.56 bits per heavy atom. The van der Waals surface area contributed by atoms with E-state index >= 15 is 8.78 Å².